The molecule has 0 aromatic heterocycles. The largest absolute Gasteiger partial charge is 0.497 e. The fourth-order valence-electron chi connectivity index (χ4n) is 2.88. The number of carbonyl (C=O) groups is 1. The van der Waals surface area contributed by atoms with E-state index in [0.717, 1.165) is 11.3 Å². The van der Waals surface area contributed by atoms with Gasteiger partial charge in [-0.15, -0.1) is 0 Å². The van der Waals surface area contributed by atoms with Crippen LogP contribution in [0.4, 0.5) is 9.18 Å². The number of benzene rings is 1. The lowest BCUT2D eigenvalue weighted by molar-refractivity contribution is 0.0505. The Kier molecular flexibility index (Phi) is 6.04. The van der Waals surface area contributed by atoms with Gasteiger partial charge in [0, 0.05) is 25.2 Å². The third kappa shape index (κ3) is 5.37. The number of alkyl carbamates (subject to hydrolysis) is 1. The number of likely N-dealkylation sites (tertiary alicyclic amines) is 1. The minimum absolute atomic E-state index is 0.0983. The zero-order chi connectivity index (χ0) is 17.7. The first-order valence-electron chi connectivity index (χ1n) is 8.23. The second-order valence-electron chi connectivity index (χ2n) is 7.16. The Hall–Kier alpha value is -1.82. The Labute approximate surface area is 143 Å². The third-order valence-electron chi connectivity index (χ3n) is 3.97. The molecule has 1 fully saturated rings. The molecule has 1 aliphatic heterocycles. The number of alkyl halides is 1. The van der Waals surface area contributed by atoms with E-state index in [4.69, 9.17) is 9.47 Å². The maximum absolute atomic E-state index is 13.3. The molecule has 1 heterocycles. The normalized spacial score (nSPS) is 21.5. The number of halogens is 1. The van der Waals surface area contributed by atoms with Gasteiger partial charge >= 0.3 is 6.09 Å². The average Bonchev–Trinajstić information content (AvgIpc) is 2.87. The number of hydrogen-bond acceptors (Lipinski definition) is 4. The minimum Gasteiger partial charge on any atom is -0.497 e. The summed E-state index contributed by atoms with van der Waals surface area (Å²) in [4.78, 5) is 13.9. The number of hydrogen-bond donors (Lipinski definition) is 1. The molecule has 2 atom stereocenters. The van der Waals surface area contributed by atoms with Crippen molar-refractivity contribution in [3.05, 3.63) is 29.8 Å². The van der Waals surface area contributed by atoms with Gasteiger partial charge in [-0.3, -0.25) is 4.90 Å². The van der Waals surface area contributed by atoms with Crippen LogP contribution in [0.1, 0.15) is 32.8 Å². The zero-order valence-corrected chi connectivity index (χ0v) is 14.8. The highest BCUT2D eigenvalue weighted by atomic mass is 19.1. The van der Waals surface area contributed by atoms with Crippen LogP contribution in [-0.4, -0.2) is 49.0 Å². The fourth-order valence-corrected chi connectivity index (χ4v) is 2.88. The minimum atomic E-state index is -0.537. The molecule has 0 aliphatic carbocycles. The Morgan fingerprint density at radius 2 is 2.00 bits per heavy atom. The van der Waals surface area contributed by atoms with E-state index in [1.165, 1.54) is 0 Å². The Morgan fingerprint density at radius 3 is 2.54 bits per heavy atom. The summed E-state index contributed by atoms with van der Waals surface area (Å²) in [5, 5.41) is 2.84. The molecule has 0 spiro atoms. The molecule has 0 unspecified atom stereocenters. The quantitative estimate of drug-likeness (QED) is 0.896. The van der Waals surface area contributed by atoms with E-state index in [-0.39, 0.29) is 12.1 Å². The van der Waals surface area contributed by atoms with E-state index in [1.54, 1.807) is 7.11 Å². The van der Waals surface area contributed by atoms with Crippen LogP contribution in [0.25, 0.3) is 0 Å². The first-order valence-corrected chi connectivity index (χ1v) is 8.23. The van der Waals surface area contributed by atoms with Gasteiger partial charge in [0.1, 0.15) is 18.0 Å². The van der Waals surface area contributed by atoms with Gasteiger partial charge < -0.3 is 14.8 Å². The van der Waals surface area contributed by atoms with E-state index in [1.807, 2.05) is 45.0 Å². The van der Waals surface area contributed by atoms with Gasteiger partial charge in [-0.05, 0) is 44.9 Å². The van der Waals surface area contributed by atoms with Gasteiger partial charge in [0.05, 0.1) is 7.11 Å². The summed E-state index contributed by atoms with van der Waals surface area (Å²) in [5.74, 6) is 0.798. The molecule has 0 radical (unpaired) electrons. The zero-order valence-electron chi connectivity index (χ0n) is 14.8. The van der Waals surface area contributed by atoms with Gasteiger partial charge in [-0.2, -0.15) is 0 Å². The monoisotopic (exact) mass is 338 g/mol. The van der Waals surface area contributed by atoms with E-state index < -0.39 is 18.4 Å². The molecule has 1 aliphatic rings. The van der Waals surface area contributed by atoms with Crippen molar-refractivity contribution in [1.82, 2.24) is 10.2 Å². The Bertz CT molecular complexity index is 542. The molecule has 134 valence electrons. The van der Waals surface area contributed by atoms with Crippen LogP contribution in [0.3, 0.4) is 0 Å². The Morgan fingerprint density at radius 1 is 1.33 bits per heavy atom. The predicted molar refractivity (Wildman–Crippen MR) is 90.9 cm³/mol. The van der Waals surface area contributed by atoms with Crippen LogP contribution in [-0.2, 0) is 11.3 Å². The molecule has 6 heteroatoms. The lowest BCUT2D eigenvalue weighted by atomic mass is 10.1. The van der Waals surface area contributed by atoms with Crippen molar-refractivity contribution in [2.45, 2.75) is 51.4 Å². The molecule has 1 saturated heterocycles. The van der Waals surface area contributed by atoms with Crippen LogP contribution >= 0.6 is 0 Å². The first-order chi connectivity index (χ1) is 11.3. The fraction of sp³-hybridized carbons (Fsp3) is 0.611. The number of methoxy groups -OCH3 is 1. The molecule has 0 bridgehead atoms. The number of rotatable bonds is 5. The molecule has 1 aromatic rings. The summed E-state index contributed by atoms with van der Waals surface area (Å²) in [7, 11) is 1.63. The van der Waals surface area contributed by atoms with Gasteiger partial charge in [0.2, 0.25) is 0 Å². The van der Waals surface area contributed by atoms with Crippen molar-refractivity contribution in [3.8, 4) is 5.75 Å². The second-order valence-corrected chi connectivity index (χ2v) is 7.16. The highest BCUT2D eigenvalue weighted by molar-refractivity contribution is 5.68. The highest BCUT2D eigenvalue weighted by Gasteiger charge is 2.33. The van der Waals surface area contributed by atoms with Crippen LogP contribution in [0.2, 0.25) is 0 Å². The summed E-state index contributed by atoms with van der Waals surface area (Å²) < 4.78 is 23.8. The lowest BCUT2D eigenvalue weighted by Crippen LogP contribution is -2.40. The van der Waals surface area contributed by atoms with Crippen LogP contribution in [0.15, 0.2) is 24.3 Å². The molecule has 24 heavy (non-hydrogen) atoms. The van der Waals surface area contributed by atoms with Crippen molar-refractivity contribution in [2.24, 2.45) is 0 Å². The van der Waals surface area contributed by atoms with Gasteiger partial charge in [-0.1, -0.05) is 12.1 Å². The van der Waals surface area contributed by atoms with Crippen molar-refractivity contribution in [3.63, 3.8) is 0 Å². The molecular formula is C18H27FN2O3. The summed E-state index contributed by atoms with van der Waals surface area (Å²) in [5.41, 5.74) is 0.553. The molecule has 0 saturated carbocycles. The van der Waals surface area contributed by atoms with E-state index in [2.05, 4.69) is 10.2 Å². The maximum Gasteiger partial charge on any atom is 0.407 e. The number of ether oxygens (including phenoxy) is 2. The van der Waals surface area contributed by atoms with Crippen LogP contribution < -0.4 is 10.1 Å². The molecular weight excluding hydrogens is 311 g/mol. The van der Waals surface area contributed by atoms with Crippen molar-refractivity contribution in [2.75, 3.05) is 20.3 Å². The lowest BCUT2D eigenvalue weighted by Gasteiger charge is -2.22. The smallest absolute Gasteiger partial charge is 0.407 e. The number of nitrogens with zero attached hydrogens (tertiary/aromatic N) is 1. The molecule has 5 nitrogen and oxygen atoms in total. The standard InChI is InChI=1S/C18H27FN2O3/c1-18(2,3)24-17(22)20-14-9-15(10-19)21(12-14)11-13-5-7-16(23-4)8-6-13/h5-8,14-15H,9-12H2,1-4H3,(H,20,22)/t14-,15+/m0/s1. The Balaban J connectivity index is 1.92. The van der Waals surface area contributed by atoms with Crippen molar-refractivity contribution < 1.29 is 18.7 Å². The van der Waals surface area contributed by atoms with Gasteiger partial charge in [0.15, 0.2) is 0 Å². The summed E-state index contributed by atoms with van der Waals surface area (Å²) in [6, 6.07) is 7.45. The summed E-state index contributed by atoms with van der Waals surface area (Å²) in [6.07, 6.45) is 0.141. The van der Waals surface area contributed by atoms with E-state index in [9.17, 15) is 9.18 Å². The highest BCUT2D eigenvalue weighted by Crippen LogP contribution is 2.22. The van der Waals surface area contributed by atoms with E-state index in [0.29, 0.717) is 19.5 Å². The van der Waals surface area contributed by atoms with Gasteiger partial charge in [0.25, 0.3) is 0 Å². The van der Waals surface area contributed by atoms with Crippen molar-refractivity contribution >= 4 is 6.09 Å². The molecule has 1 aromatic carbocycles. The molecule has 1 amide bonds. The second kappa shape index (κ2) is 7.83. The molecule has 2 rings (SSSR count). The predicted octanol–water partition coefficient (Wildman–Crippen LogP) is 3.13. The summed E-state index contributed by atoms with van der Waals surface area (Å²) >= 11 is 0. The topological polar surface area (TPSA) is 50.8 Å². The first kappa shape index (κ1) is 18.5. The number of amides is 1. The third-order valence-corrected chi connectivity index (χ3v) is 3.97. The van der Waals surface area contributed by atoms with E-state index >= 15 is 0 Å². The number of nitrogens with one attached hydrogen (secondary N) is 1. The van der Waals surface area contributed by atoms with Crippen LogP contribution in [0.5, 0.6) is 5.75 Å². The maximum atomic E-state index is 13.3. The SMILES string of the molecule is COc1ccc(CN2C[C@@H](NC(=O)OC(C)(C)C)C[C@@H]2CF)cc1. The number of carbonyl (C=O) groups excluding carboxylic acids is 1. The average molecular weight is 338 g/mol. The van der Waals surface area contributed by atoms with Crippen LogP contribution in [0, 0.1) is 0 Å². The van der Waals surface area contributed by atoms with Gasteiger partial charge in [-0.25, -0.2) is 9.18 Å². The van der Waals surface area contributed by atoms with Crippen molar-refractivity contribution in [1.29, 1.82) is 0 Å². The molecule has 1 N–H and O–H groups in total. The summed E-state index contributed by atoms with van der Waals surface area (Å²) in [6.45, 7) is 6.29.